The first-order valence-electron chi connectivity index (χ1n) is 14.5. The van der Waals surface area contributed by atoms with Crippen LogP contribution in [0.1, 0.15) is 21.0 Å². The molecule has 2 N–H and O–H groups in total. The number of nitrogens with one attached hydrogen (secondary N) is 2. The molecule has 0 saturated carbocycles. The molecule has 0 aliphatic heterocycles. The van der Waals surface area contributed by atoms with Crippen LogP contribution in [0.4, 0.5) is 39.5 Å². The highest BCUT2D eigenvalue weighted by atomic mass is 19.4. The van der Waals surface area contributed by atoms with Crippen LogP contribution in [0, 0.1) is 17.5 Å². The molecule has 8 nitrogen and oxygen atoms in total. The summed E-state index contributed by atoms with van der Waals surface area (Å²) in [7, 11) is 0. The van der Waals surface area contributed by atoms with Crippen LogP contribution >= 0.6 is 0 Å². The van der Waals surface area contributed by atoms with Crippen LogP contribution in [-0.2, 0) is 0 Å². The summed E-state index contributed by atoms with van der Waals surface area (Å²) in [5, 5.41) is 4.45. The van der Waals surface area contributed by atoms with Crippen molar-refractivity contribution in [3.05, 3.63) is 120 Å². The first kappa shape index (κ1) is 36.2. The minimum Gasteiger partial charge on any atom is -0.342 e. The molecule has 4 aromatic heterocycles. The summed E-state index contributed by atoms with van der Waals surface area (Å²) in [5.74, 6) is -4.10. The molecule has 0 unspecified atom stereocenters. The second kappa shape index (κ2) is 14.8. The van der Waals surface area contributed by atoms with Crippen LogP contribution in [0.25, 0.3) is 44.1 Å². The van der Waals surface area contributed by atoms with Crippen LogP contribution < -0.4 is 10.6 Å². The number of carbonyl (C=O) groups excluding carboxylic acids is 2. The van der Waals surface area contributed by atoms with E-state index in [1.54, 1.807) is 16.7 Å². The maximum atomic E-state index is 14.1. The molecule has 0 fully saturated rings. The van der Waals surface area contributed by atoms with E-state index in [1.807, 2.05) is 0 Å². The van der Waals surface area contributed by atoms with Gasteiger partial charge in [0.1, 0.15) is 41.9 Å². The highest BCUT2D eigenvalue weighted by molar-refractivity contribution is 5.99. The van der Waals surface area contributed by atoms with Gasteiger partial charge in [0.15, 0.2) is 0 Å². The van der Waals surface area contributed by atoms with E-state index in [9.17, 15) is 49.1 Å². The lowest BCUT2D eigenvalue weighted by atomic mass is 10.0. The fourth-order valence-electron chi connectivity index (χ4n) is 4.66. The van der Waals surface area contributed by atoms with Gasteiger partial charge in [-0.15, -0.1) is 0 Å². The van der Waals surface area contributed by atoms with E-state index in [0.717, 1.165) is 6.07 Å². The van der Waals surface area contributed by atoms with Crippen molar-refractivity contribution in [1.82, 2.24) is 30.6 Å². The molecule has 4 heterocycles. The fourth-order valence-corrected chi connectivity index (χ4v) is 4.66. The molecule has 17 heteroatoms. The predicted molar refractivity (Wildman–Crippen MR) is 167 cm³/mol. The highest BCUT2D eigenvalue weighted by Gasteiger charge is 2.29. The van der Waals surface area contributed by atoms with Crippen LogP contribution in [-0.4, -0.2) is 57.2 Å². The first-order chi connectivity index (χ1) is 24.1. The van der Waals surface area contributed by atoms with E-state index in [4.69, 9.17) is 0 Å². The zero-order valence-corrected chi connectivity index (χ0v) is 25.6. The number of halogens is 9. The van der Waals surface area contributed by atoms with Gasteiger partial charge in [0.05, 0.1) is 11.0 Å². The number of nitrogens with zero attached hydrogens (tertiary/aromatic N) is 4. The van der Waals surface area contributed by atoms with Crippen molar-refractivity contribution in [1.29, 1.82) is 0 Å². The van der Waals surface area contributed by atoms with Crippen molar-refractivity contribution in [2.75, 3.05) is 13.1 Å². The maximum Gasteiger partial charge on any atom is 0.405 e. The number of benzene rings is 2. The Kier molecular flexibility index (Phi) is 10.5. The Morgan fingerprint density at radius 2 is 1.02 bits per heavy atom. The average Bonchev–Trinajstić information content (AvgIpc) is 3.08. The lowest BCUT2D eigenvalue weighted by Crippen LogP contribution is -2.34. The number of fused-ring (bicyclic) bond motifs is 2. The maximum absolute atomic E-state index is 14.1. The molecule has 6 aromatic rings. The monoisotopic (exact) mass is 716 g/mol. The topological polar surface area (TPSA) is 110 Å². The number of alkyl halides is 6. The van der Waals surface area contributed by atoms with E-state index in [-0.39, 0.29) is 39.1 Å². The summed E-state index contributed by atoms with van der Waals surface area (Å²) in [6.45, 7) is -2.95. The van der Waals surface area contributed by atoms with Gasteiger partial charge in [0.2, 0.25) is 0 Å². The van der Waals surface area contributed by atoms with Gasteiger partial charge in [-0.2, -0.15) is 26.3 Å². The van der Waals surface area contributed by atoms with Gasteiger partial charge >= 0.3 is 12.4 Å². The molecule has 0 atom stereocenters. The minimum atomic E-state index is -4.56. The Morgan fingerprint density at radius 3 is 1.47 bits per heavy atom. The van der Waals surface area contributed by atoms with Crippen molar-refractivity contribution < 1.29 is 49.1 Å². The molecule has 6 rings (SSSR count). The van der Waals surface area contributed by atoms with E-state index in [0.29, 0.717) is 22.4 Å². The lowest BCUT2D eigenvalue weighted by molar-refractivity contribution is -0.123. The van der Waals surface area contributed by atoms with Crippen LogP contribution in [0.2, 0.25) is 0 Å². The number of pyridine rings is 4. The number of amides is 2. The smallest absolute Gasteiger partial charge is 0.342 e. The zero-order chi connectivity index (χ0) is 36.9. The van der Waals surface area contributed by atoms with Crippen LogP contribution in [0.3, 0.4) is 0 Å². The third-order valence-corrected chi connectivity index (χ3v) is 6.95. The summed E-state index contributed by atoms with van der Waals surface area (Å²) in [6, 6.07) is 14.4. The highest BCUT2D eigenvalue weighted by Crippen LogP contribution is 2.30. The molecule has 0 spiro atoms. The van der Waals surface area contributed by atoms with Gasteiger partial charge < -0.3 is 10.6 Å². The summed E-state index contributed by atoms with van der Waals surface area (Å²) in [4.78, 5) is 39.9. The Bertz CT molecular complexity index is 2240. The van der Waals surface area contributed by atoms with Crippen molar-refractivity contribution in [3.63, 3.8) is 0 Å². The molecule has 0 bridgehead atoms. The van der Waals surface area contributed by atoms with Gasteiger partial charge in [-0.25, -0.2) is 23.1 Å². The predicted octanol–water partition coefficient (Wildman–Crippen LogP) is 7.60. The minimum absolute atomic E-state index is 0.00449. The molecule has 262 valence electrons. The third kappa shape index (κ3) is 9.11. The SMILES string of the molecule is O=C(NCC(F)(F)F)c1ccc2cncc(-c3ccc(F)cc3F)c2n1.O=C(NCC(F)(F)F)c1ccc2cncc(-c3ccccc3F)c2n1. The second-order valence-electron chi connectivity index (χ2n) is 10.6. The van der Waals surface area contributed by atoms with Crippen molar-refractivity contribution in [3.8, 4) is 22.3 Å². The van der Waals surface area contributed by atoms with Gasteiger partial charge in [0, 0.05) is 63.9 Å². The van der Waals surface area contributed by atoms with Crippen LogP contribution in [0.15, 0.2) is 91.5 Å². The van der Waals surface area contributed by atoms with Crippen molar-refractivity contribution >= 4 is 33.6 Å². The standard InChI is InChI=1S/C17H10F5N3O.C17H11F4N3O/c18-10-2-3-11(13(19)5-10)12-7-23-6-9-1-4-14(25-15(9)12)16(26)24-8-17(20,21)22;18-13-4-2-1-3-11(13)12-8-22-7-10-5-6-14(24-15(10)12)16(25)23-9-17(19,20)21/h1-7H,8H2,(H,24,26);1-8H,9H2,(H,23,25). The summed E-state index contributed by atoms with van der Waals surface area (Å²) in [5.41, 5.74) is 0.750. The number of aromatic nitrogens is 4. The van der Waals surface area contributed by atoms with E-state index in [2.05, 4.69) is 19.9 Å². The average molecular weight is 717 g/mol. The Labute approximate surface area is 281 Å². The molecule has 2 aromatic carbocycles. The zero-order valence-electron chi connectivity index (χ0n) is 25.6. The normalized spacial score (nSPS) is 11.5. The van der Waals surface area contributed by atoms with E-state index < -0.39 is 54.7 Å². The molecule has 51 heavy (non-hydrogen) atoms. The first-order valence-corrected chi connectivity index (χ1v) is 14.5. The van der Waals surface area contributed by atoms with Crippen molar-refractivity contribution in [2.45, 2.75) is 12.4 Å². The van der Waals surface area contributed by atoms with Gasteiger partial charge in [0.25, 0.3) is 11.8 Å². The summed E-state index contributed by atoms with van der Waals surface area (Å²) in [6.07, 6.45) is -3.52. The number of carbonyl (C=O) groups is 2. The quantitative estimate of drug-likeness (QED) is 0.172. The second-order valence-corrected chi connectivity index (χ2v) is 10.6. The lowest BCUT2D eigenvalue weighted by Gasteiger charge is -2.10. The van der Waals surface area contributed by atoms with E-state index >= 15 is 0 Å². The van der Waals surface area contributed by atoms with Crippen LogP contribution in [0.5, 0.6) is 0 Å². The molecule has 0 radical (unpaired) electrons. The Morgan fingerprint density at radius 1 is 0.549 bits per heavy atom. The Hall–Kier alpha value is -6.13. The third-order valence-electron chi connectivity index (χ3n) is 6.95. The van der Waals surface area contributed by atoms with Crippen molar-refractivity contribution in [2.24, 2.45) is 0 Å². The number of rotatable bonds is 6. The fraction of sp³-hybridized carbons (Fsp3) is 0.118. The molecule has 0 aliphatic carbocycles. The molecular formula is C34H21F9N6O2. The summed E-state index contributed by atoms with van der Waals surface area (Å²) < 4.78 is 115. The van der Waals surface area contributed by atoms with E-state index in [1.165, 1.54) is 73.3 Å². The largest absolute Gasteiger partial charge is 0.405 e. The number of hydrogen-bond donors (Lipinski definition) is 2. The molecule has 0 saturated heterocycles. The van der Waals surface area contributed by atoms with Gasteiger partial charge in [-0.1, -0.05) is 18.2 Å². The molecular weight excluding hydrogens is 695 g/mol. The van der Waals surface area contributed by atoms with Gasteiger partial charge in [-0.05, 0) is 42.5 Å². The molecule has 2 amide bonds. The Balaban J connectivity index is 0.000000198. The number of hydrogen-bond acceptors (Lipinski definition) is 6. The van der Waals surface area contributed by atoms with Gasteiger partial charge in [-0.3, -0.25) is 19.6 Å². The molecule has 0 aliphatic rings. The summed E-state index contributed by atoms with van der Waals surface area (Å²) >= 11 is 0.